The van der Waals surface area contributed by atoms with Crippen LogP contribution in [0.1, 0.15) is 6.92 Å². The Morgan fingerprint density at radius 2 is 1.24 bits per heavy atom. The highest BCUT2D eigenvalue weighted by molar-refractivity contribution is 4.93. The molecule has 7 N–H and O–H groups in total. The first-order valence-corrected chi connectivity index (χ1v) is 8.05. The summed E-state index contributed by atoms with van der Waals surface area (Å²) in [5.41, 5.74) is 0. The van der Waals surface area contributed by atoms with E-state index >= 15 is 0 Å². The van der Waals surface area contributed by atoms with Crippen LogP contribution in [-0.4, -0.2) is 117 Å². The third kappa shape index (κ3) is 4.28. The molecule has 2 heterocycles. The van der Waals surface area contributed by atoms with Crippen molar-refractivity contribution in [1.29, 1.82) is 0 Å². The Morgan fingerprint density at radius 1 is 0.720 bits per heavy atom. The zero-order valence-electron chi connectivity index (χ0n) is 13.7. The van der Waals surface area contributed by atoms with E-state index in [1.165, 1.54) is 0 Å². The fourth-order valence-corrected chi connectivity index (χ4v) is 2.83. The van der Waals surface area contributed by atoms with E-state index in [1.807, 2.05) is 0 Å². The lowest BCUT2D eigenvalue weighted by molar-refractivity contribution is -0.366. The highest BCUT2D eigenvalue weighted by Crippen LogP contribution is 2.29. The normalized spacial score (nSPS) is 48.5. The van der Waals surface area contributed by atoms with Crippen LogP contribution in [0, 0.1) is 0 Å². The van der Waals surface area contributed by atoms with E-state index in [0.717, 1.165) is 0 Å². The van der Waals surface area contributed by atoms with Crippen molar-refractivity contribution in [3.63, 3.8) is 0 Å². The molecule has 0 aromatic carbocycles. The molecular weight excluding hydrogens is 344 g/mol. The fraction of sp³-hybridized carbons (Fsp3) is 1.00. The van der Waals surface area contributed by atoms with E-state index in [1.54, 1.807) is 6.92 Å². The fourth-order valence-electron chi connectivity index (χ4n) is 2.83. The standard InChI is InChI=1S/C14H26O11/c1-2-22-14-12(10(20)8(18)6(4-16)24-14)25-13-11(21)9(19)7(17)5(3-15)23-13/h5-21H,2-4H2,1H3/t5?,6?,7-,8-,9+,10+,11?,12?,13+,14+/m1/s1. The van der Waals surface area contributed by atoms with Crippen molar-refractivity contribution >= 4 is 0 Å². The lowest BCUT2D eigenvalue weighted by atomic mass is 9.97. The minimum atomic E-state index is -1.68. The zero-order valence-corrected chi connectivity index (χ0v) is 13.7. The minimum Gasteiger partial charge on any atom is -0.394 e. The Morgan fingerprint density at radius 3 is 1.76 bits per heavy atom. The second kappa shape index (κ2) is 8.97. The van der Waals surface area contributed by atoms with Gasteiger partial charge >= 0.3 is 0 Å². The van der Waals surface area contributed by atoms with Crippen LogP contribution < -0.4 is 0 Å². The molecule has 0 bridgehead atoms. The molecule has 0 aliphatic carbocycles. The highest BCUT2D eigenvalue weighted by Gasteiger charge is 2.50. The molecule has 0 radical (unpaired) electrons. The van der Waals surface area contributed by atoms with E-state index in [9.17, 15) is 35.7 Å². The first-order valence-electron chi connectivity index (χ1n) is 8.05. The van der Waals surface area contributed by atoms with E-state index in [-0.39, 0.29) is 6.61 Å². The molecule has 4 unspecified atom stereocenters. The maximum atomic E-state index is 10.2. The number of aliphatic hydroxyl groups is 7. The lowest BCUT2D eigenvalue weighted by Gasteiger charge is -2.45. The van der Waals surface area contributed by atoms with Crippen LogP contribution in [0.25, 0.3) is 0 Å². The van der Waals surface area contributed by atoms with E-state index < -0.39 is 74.6 Å². The molecule has 2 aliphatic heterocycles. The van der Waals surface area contributed by atoms with Gasteiger partial charge in [0, 0.05) is 6.61 Å². The van der Waals surface area contributed by atoms with Crippen molar-refractivity contribution in [1.82, 2.24) is 0 Å². The summed E-state index contributed by atoms with van der Waals surface area (Å²) in [6.45, 7) is 0.618. The lowest BCUT2D eigenvalue weighted by Crippen LogP contribution is -2.64. The summed E-state index contributed by atoms with van der Waals surface area (Å²) in [6, 6.07) is 0. The molecule has 148 valence electrons. The highest BCUT2D eigenvalue weighted by atomic mass is 16.8. The molecule has 2 aliphatic rings. The molecule has 0 aromatic rings. The smallest absolute Gasteiger partial charge is 0.187 e. The third-order valence-electron chi connectivity index (χ3n) is 4.30. The van der Waals surface area contributed by atoms with Crippen molar-refractivity contribution < 1.29 is 54.7 Å². The van der Waals surface area contributed by atoms with Crippen LogP contribution in [0.3, 0.4) is 0 Å². The Bertz CT molecular complexity index is 408. The topological polar surface area (TPSA) is 179 Å². The van der Waals surface area contributed by atoms with Gasteiger partial charge in [0.05, 0.1) is 13.2 Å². The van der Waals surface area contributed by atoms with Crippen LogP contribution >= 0.6 is 0 Å². The van der Waals surface area contributed by atoms with Gasteiger partial charge < -0.3 is 54.7 Å². The maximum absolute atomic E-state index is 10.2. The van der Waals surface area contributed by atoms with Crippen LogP contribution in [0.5, 0.6) is 0 Å². The predicted molar refractivity (Wildman–Crippen MR) is 78.0 cm³/mol. The molecule has 11 nitrogen and oxygen atoms in total. The van der Waals surface area contributed by atoms with Crippen molar-refractivity contribution in [3.05, 3.63) is 0 Å². The van der Waals surface area contributed by atoms with E-state index in [0.29, 0.717) is 0 Å². The van der Waals surface area contributed by atoms with Crippen LogP contribution in [0.4, 0.5) is 0 Å². The molecule has 11 heteroatoms. The van der Waals surface area contributed by atoms with Gasteiger partial charge in [-0.15, -0.1) is 0 Å². The monoisotopic (exact) mass is 370 g/mol. The number of rotatable bonds is 6. The summed E-state index contributed by atoms with van der Waals surface area (Å²) in [4.78, 5) is 0. The summed E-state index contributed by atoms with van der Waals surface area (Å²) in [7, 11) is 0. The van der Waals surface area contributed by atoms with Gasteiger partial charge in [0.2, 0.25) is 0 Å². The summed E-state index contributed by atoms with van der Waals surface area (Å²) < 4.78 is 21.3. The van der Waals surface area contributed by atoms with E-state index in [2.05, 4.69) is 0 Å². The Kier molecular flexibility index (Phi) is 7.49. The van der Waals surface area contributed by atoms with Crippen molar-refractivity contribution in [2.45, 2.75) is 68.3 Å². The average Bonchev–Trinajstić information content (AvgIpc) is 2.61. The summed E-state index contributed by atoms with van der Waals surface area (Å²) in [5.74, 6) is 0. The van der Waals surface area contributed by atoms with Gasteiger partial charge in [-0.2, -0.15) is 0 Å². The number of hydrogen-bond donors (Lipinski definition) is 7. The van der Waals surface area contributed by atoms with Crippen molar-refractivity contribution in [2.75, 3.05) is 19.8 Å². The third-order valence-corrected chi connectivity index (χ3v) is 4.30. The number of aliphatic hydroxyl groups excluding tert-OH is 7. The molecule has 0 aromatic heterocycles. The second-order valence-corrected chi connectivity index (χ2v) is 5.96. The predicted octanol–water partition coefficient (Wildman–Crippen LogP) is -4.35. The largest absolute Gasteiger partial charge is 0.394 e. The molecule has 10 atom stereocenters. The average molecular weight is 370 g/mol. The van der Waals surface area contributed by atoms with Gasteiger partial charge in [0.1, 0.15) is 48.8 Å². The molecule has 0 saturated carbocycles. The van der Waals surface area contributed by atoms with Gasteiger partial charge in [-0.3, -0.25) is 0 Å². The van der Waals surface area contributed by atoms with Gasteiger partial charge in [-0.05, 0) is 6.92 Å². The first-order chi connectivity index (χ1) is 11.8. The minimum absolute atomic E-state index is 0.167. The molecule has 2 rings (SSSR count). The number of hydrogen-bond acceptors (Lipinski definition) is 11. The van der Waals surface area contributed by atoms with Crippen molar-refractivity contribution in [2.24, 2.45) is 0 Å². The quantitative estimate of drug-likeness (QED) is 0.240. The second-order valence-electron chi connectivity index (χ2n) is 5.96. The SMILES string of the molecule is CCO[C@H]1OC(CO)[C@@H](O)[C@H](O)C1O[C@@H]1OC(CO)[C@@H](O)[C@H](O)C1O. The Balaban J connectivity index is 2.14. The van der Waals surface area contributed by atoms with Crippen LogP contribution in [0.2, 0.25) is 0 Å². The molecule has 2 fully saturated rings. The van der Waals surface area contributed by atoms with Crippen LogP contribution in [0.15, 0.2) is 0 Å². The molecule has 25 heavy (non-hydrogen) atoms. The summed E-state index contributed by atoms with van der Waals surface area (Å²) in [6.07, 6.45) is -14.2. The maximum Gasteiger partial charge on any atom is 0.187 e. The molecule has 0 amide bonds. The summed E-state index contributed by atoms with van der Waals surface area (Å²) in [5, 5.41) is 68.2. The van der Waals surface area contributed by atoms with Gasteiger partial charge in [-0.1, -0.05) is 0 Å². The van der Waals surface area contributed by atoms with Crippen LogP contribution in [-0.2, 0) is 18.9 Å². The zero-order chi connectivity index (χ0) is 18.7. The van der Waals surface area contributed by atoms with Gasteiger partial charge in [-0.25, -0.2) is 0 Å². The van der Waals surface area contributed by atoms with E-state index in [4.69, 9.17) is 18.9 Å². The first kappa shape index (κ1) is 20.9. The molecular formula is C14H26O11. The Hall–Kier alpha value is -0.440. The van der Waals surface area contributed by atoms with Crippen molar-refractivity contribution in [3.8, 4) is 0 Å². The van der Waals surface area contributed by atoms with Gasteiger partial charge in [0.15, 0.2) is 12.6 Å². The van der Waals surface area contributed by atoms with Gasteiger partial charge in [0.25, 0.3) is 0 Å². The summed E-state index contributed by atoms with van der Waals surface area (Å²) >= 11 is 0. The number of ether oxygens (including phenoxy) is 4. The Labute approximate surface area is 143 Å². The molecule has 0 spiro atoms. The molecule has 2 saturated heterocycles.